The molecule has 1 rings (SSSR count). The van der Waals surface area contributed by atoms with Gasteiger partial charge in [-0.05, 0) is 37.0 Å². The predicted molar refractivity (Wildman–Crippen MR) is 76.4 cm³/mol. The first-order valence-corrected chi connectivity index (χ1v) is 7.49. The lowest BCUT2D eigenvalue weighted by Crippen LogP contribution is -2.41. The molecule has 0 radical (unpaired) electrons. The third-order valence-electron chi connectivity index (χ3n) is 3.90. The van der Waals surface area contributed by atoms with Crippen LogP contribution in [0.3, 0.4) is 0 Å². The first-order valence-electron chi connectivity index (χ1n) is 7.49. The van der Waals surface area contributed by atoms with Crippen molar-refractivity contribution >= 4 is 5.91 Å². The first-order chi connectivity index (χ1) is 8.49. The third kappa shape index (κ3) is 5.85. The van der Waals surface area contributed by atoms with Crippen molar-refractivity contribution in [2.75, 3.05) is 13.1 Å². The van der Waals surface area contributed by atoms with Gasteiger partial charge in [0.1, 0.15) is 0 Å². The Morgan fingerprint density at radius 1 is 1.28 bits per heavy atom. The van der Waals surface area contributed by atoms with Crippen LogP contribution in [0.15, 0.2) is 0 Å². The molecule has 3 atom stereocenters. The molecule has 1 amide bonds. The van der Waals surface area contributed by atoms with E-state index in [1.807, 2.05) is 0 Å². The van der Waals surface area contributed by atoms with E-state index < -0.39 is 0 Å². The Morgan fingerprint density at radius 3 is 2.61 bits per heavy atom. The number of hydrogen-bond acceptors (Lipinski definition) is 2. The van der Waals surface area contributed by atoms with Crippen LogP contribution >= 0.6 is 0 Å². The number of carbonyl (C=O) groups is 1. The number of amides is 1. The van der Waals surface area contributed by atoms with Crippen LogP contribution in [-0.4, -0.2) is 25.0 Å². The zero-order valence-electron chi connectivity index (χ0n) is 12.5. The average Bonchev–Trinajstić information content (AvgIpc) is 2.29. The molecule has 1 saturated carbocycles. The Kier molecular flexibility index (Phi) is 6.69. The van der Waals surface area contributed by atoms with Gasteiger partial charge < -0.3 is 10.6 Å². The fraction of sp³-hybridized carbons (Fsp3) is 0.933. The molecule has 0 saturated heterocycles. The number of carbonyl (C=O) groups excluding carboxylic acids is 1. The van der Waals surface area contributed by atoms with Crippen LogP contribution < -0.4 is 10.6 Å². The highest BCUT2D eigenvalue weighted by Gasteiger charge is 2.24. The van der Waals surface area contributed by atoms with Gasteiger partial charge in [0.15, 0.2) is 0 Å². The van der Waals surface area contributed by atoms with E-state index in [9.17, 15) is 4.79 Å². The molecule has 3 unspecified atom stereocenters. The number of hydrogen-bond donors (Lipinski definition) is 2. The van der Waals surface area contributed by atoms with Gasteiger partial charge in [0.25, 0.3) is 0 Å². The molecule has 1 aliphatic carbocycles. The summed E-state index contributed by atoms with van der Waals surface area (Å²) in [5.74, 6) is 2.31. The van der Waals surface area contributed by atoms with Crippen LogP contribution in [-0.2, 0) is 4.79 Å². The van der Waals surface area contributed by atoms with Crippen molar-refractivity contribution in [3.63, 3.8) is 0 Å². The van der Waals surface area contributed by atoms with Gasteiger partial charge in [-0.25, -0.2) is 0 Å². The molecular formula is C15H30N2O. The Bertz CT molecular complexity index is 253. The molecule has 1 fully saturated rings. The zero-order valence-corrected chi connectivity index (χ0v) is 12.5. The maximum absolute atomic E-state index is 11.6. The molecule has 0 aromatic heterocycles. The number of nitrogens with one attached hydrogen (secondary N) is 2. The van der Waals surface area contributed by atoms with E-state index >= 15 is 0 Å². The summed E-state index contributed by atoms with van der Waals surface area (Å²) in [5.41, 5.74) is 0. The summed E-state index contributed by atoms with van der Waals surface area (Å²) in [6.45, 7) is 10.5. The maximum atomic E-state index is 11.6. The van der Waals surface area contributed by atoms with Crippen molar-refractivity contribution in [1.29, 1.82) is 0 Å². The maximum Gasteiger partial charge on any atom is 0.221 e. The minimum atomic E-state index is 0.174. The van der Waals surface area contributed by atoms with Crippen molar-refractivity contribution in [2.45, 2.75) is 59.4 Å². The minimum Gasteiger partial charge on any atom is -0.356 e. The summed E-state index contributed by atoms with van der Waals surface area (Å²) in [6, 6.07) is 0.610. The summed E-state index contributed by atoms with van der Waals surface area (Å²) < 4.78 is 0. The minimum absolute atomic E-state index is 0.174. The lowest BCUT2D eigenvalue weighted by atomic mass is 9.80. The SMILES string of the molecule is CC(C)CNC(=O)CCNC1CCC(C)CC1C. The fourth-order valence-electron chi connectivity index (χ4n) is 2.75. The van der Waals surface area contributed by atoms with Crippen LogP contribution in [0, 0.1) is 17.8 Å². The highest BCUT2D eigenvalue weighted by molar-refractivity contribution is 5.76. The van der Waals surface area contributed by atoms with E-state index in [2.05, 4.69) is 38.3 Å². The van der Waals surface area contributed by atoms with Crippen molar-refractivity contribution in [2.24, 2.45) is 17.8 Å². The molecule has 3 nitrogen and oxygen atoms in total. The second kappa shape index (κ2) is 7.78. The fourth-order valence-corrected chi connectivity index (χ4v) is 2.75. The van der Waals surface area contributed by atoms with E-state index in [1.165, 1.54) is 19.3 Å². The summed E-state index contributed by atoms with van der Waals surface area (Å²) in [5, 5.41) is 6.51. The Morgan fingerprint density at radius 2 is 2.00 bits per heavy atom. The predicted octanol–water partition coefficient (Wildman–Crippen LogP) is 2.56. The third-order valence-corrected chi connectivity index (χ3v) is 3.90. The van der Waals surface area contributed by atoms with Gasteiger partial charge in [0, 0.05) is 25.6 Å². The molecule has 0 bridgehead atoms. The van der Waals surface area contributed by atoms with Crippen LogP contribution in [0.4, 0.5) is 0 Å². The van der Waals surface area contributed by atoms with Crippen molar-refractivity contribution in [3.05, 3.63) is 0 Å². The summed E-state index contributed by atoms with van der Waals surface area (Å²) in [4.78, 5) is 11.6. The van der Waals surface area contributed by atoms with E-state index in [0.717, 1.165) is 24.9 Å². The summed E-state index contributed by atoms with van der Waals surface area (Å²) in [6.07, 6.45) is 4.50. The second-order valence-electron chi connectivity index (χ2n) is 6.40. The van der Waals surface area contributed by atoms with Gasteiger partial charge in [0.2, 0.25) is 5.91 Å². The van der Waals surface area contributed by atoms with E-state index in [1.54, 1.807) is 0 Å². The molecule has 3 heteroatoms. The lowest BCUT2D eigenvalue weighted by molar-refractivity contribution is -0.121. The summed E-state index contributed by atoms with van der Waals surface area (Å²) >= 11 is 0. The molecule has 1 aliphatic rings. The molecule has 18 heavy (non-hydrogen) atoms. The van der Waals surface area contributed by atoms with E-state index in [-0.39, 0.29) is 5.91 Å². The quantitative estimate of drug-likeness (QED) is 0.765. The molecule has 0 aromatic carbocycles. The lowest BCUT2D eigenvalue weighted by Gasteiger charge is -2.33. The Balaban J connectivity index is 2.12. The molecule has 0 spiro atoms. The number of rotatable bonds is 6. The van der Waals surface area contributed by atoms with Gasteiger partial charge in [-0.2, -0.15) is 0 Å². The Hall–Kier alpha value is -0.570. The van der Waals surface area contributed by atoms with Gasteiger partial charge in [-0.15, -0.1) is 0 Å². The standard InChI is InChI=1S/C15H30N2O/c1-11(2)10-17-15(18)7-8-16-14-6-5-12(3)9-13(14)4/h11-14,16H,5-10H2,1-4H3,(H,17,18). The van der Waals surface area contributed by atoms with Crippen LogP contribution in [0.2, 0.25) is 0 Å². The smallest absolute Gasteiger partial charge is 0.221 e. The van der Waals surface area contributed by atoms with E-state index in [0.29, 0.717) is 18.4 Å². The monoisotopic (exact) mass is 254 g/mol. The molecule has 0 aliphatic heterocycles. The molecule has 0 heterocycles. The molecule has 0 aromatic rings. The zero-order chi connectivity index (χ0) is 13.5. The van der Waals surface area contributed by atoms with Crippen molar-refractivity contribution < 1.29 is 4.79 Å². The molecular weight excluding hydrogens is 224 g/mol. The van der Waals surface area contributed by atoms with Crippen molar-refractivity contribution in [1.82, 2.24) is 10.6 Å². The summed E-state index contributed by atoms with van der Waals surface area (Å²) in [7, 11) is 0. The van der Waals surface area contributed by atoms with Crippen LogP contribution in [0.1, 0.15) is 53.4 Å². The normalized spacial score (nSPS) is 28.4. The average molecular weight is 254 g/mol. The van der Waals surface area contributed by atoms with Gasteiger partial charge >= 0.3 is 0 Å². The van der Waals surface area contributed by atoms with Crippen LogP contribution in [0.25, 0.3) is 0 Å². The topological polar surface area (TPSA) is 41.1 Å². The highest BCUT2D eigenvalue weighted by atomic mass is 16.1. The van der Waals surface area contributed by atoms with Gasteiger partial charge in [0.05, 0.1) is 0 Å². The molecule has 106 valence electrons. The second-order valence-corrected chi connectivity index (χ2v) is 6.40. The van der Waals surface area contributed by atoms with E-state index in [4.69, 9.17) is 0 Å². The van der Waals surface area contributed by atoms with Gasteiger partial charge in [-0.3, -0.25) is 4.79 Å². The Labute approximate surface area is 112 Å². The highest BCUT2D eigenvalue weighted by Crippen LogP contribution is 2.28. The van der Waals surface area contributed by atoms with Crippen LogP contribution in [0.5, 0.6) is 0 Å². The van der Waals surface area contributed by atoms with Crippen molar-refractivity contribution in [3.8, 4) is 0 Å². The first kappa shape index (κ1) is 15.5. The van der Waals surface area contributed by atoms with Gasteiger partial charge in [-0.1, -0.05) is 27.7 Å². The molecule has 2 N–H and O–H groups in total. The largest absolute Gasteiger partial charge is 0.356 e.